The second kappa shape index (κ2) is 8.03. The van der Waals surface area contributed by atoms with Crippen LogP contribution in [-0.4, -0.2) is 38.3 Å². The number of hydrazine groups is 1. The van der Waals surface area contributed by atoms with E-state index in [2.05, 4.69) is 21.2 Å². The number of ether oxygens (including phenoxy) is 3. The summed E-state index contributed by atoms with van der Waals surface area (Å²) < 4.78 is 15.9. The maximum Gasteiger partial charge on any atom is 0.242 e. The summed E-state index contributed by atoms with van der Waals surface area (Å²) in [5, 5.41) is 2.89. The van der Waals surface area contributed by atoms with Crippen LogP contribution in [0, 0.1) is 0 Å². The third-order valence-corrected chi connectivity index (χ3v) is 4.26. The van der Waals surface area contributed by atoms with Crippen LogP contribution in [0.3, 0.4) is 0 Å². The third kappa shape index (κ3) is 3.71. The number of methoxy groups -OCH3 is 3. The van der Waals surface area contributed by atoms with Crippen molar-refractivity contribution in [3.8, 4) is 17.2 Å². The van der Waals surface area contributed by atoms with Crippen molar-refractivity contribution >= 4 is 11.6 Å². The normalized spacial score (nSPS) is 19.0. The molecule has 1 amide bonds. The van der Waals surface area contributed by atoms with Gasteiger partial charge in [0, 0.05) is 36.3 Å². The highest BCUT2D eigenvalue weighted by atomic mass is 16.5. The molecule has 8 heteroatoms. The highest BCUT2D eigenvalue weighted by molar-refractivity contribution is 5.95. The molecule has 1 fully saturated rings. The van der Waals surface area contributed by atoms with Crippen molar-refractivity contribution in [2.45, 2.75) is 18.5 Å². The first kappa shape index (κ1) is 18.0. The minimum atomic E-state index is -0.368. The Morgan fingerprint density at radius 2 is 1.73 bits per heavy atom. The Hall–Kier alpha value is -2.84. The first-order chi connectivity index (χ1) is 12.7. The fourth-order valence-electron chi connectivity index (χ4n) is 2.93. The lowest BCUT2D eigenvalue weighted by molar-refractivity contribution is -0.117. The molecule has 2 heterocycles. The summed E-state index contributed by atoms with van der Waals surface area (Å²) in [6.07, 6.45) is 4.10. The van der Waals surface area contributed by atoms with Crippen LogP contribution in [0.25, 0.3) is 0 Å². The molecule has 8 nitrogen and oxygen atoms in total. The number of carbonyl (C=O) groups excluding carboxylic acids is 1. The lowest BCUT2D eigenvalue weighted by Crippen LogP contribution is -2.39. The number of nitrogens with one attached hydrogen (secondary N) is 3. The van der Waals surface area contributed by atoms with E-state index in [0.717, 1.165) is 5.56 Å². The minimum absolute atomic E-state index is 0.0497. The molecule has 0 saturated carbocycles. The molecule has 2 atom stereocenters. The molecule has 138 valence electrons. The number of aromatic nitrogens is 1. The predicted octanol–water partition coefficient (Wildman–Crippen LogP) is 1.65. The lowest BCUT2D eigenvalue weighted by atomic mass is 10.0. The average molecular weight is 358 g/mol. The Balaban J connectivity index is 1.70. The largest absolute Gasteiger partial charge is 0.493 e. The molecule has 0 spiro atoms. The maximum absolute atomic E-state index is 12.6. The van der Waals surface area contributed by atoms with E-state index < -0.39 is 0 Å². The van der Waals surface area contributed by atoms with Gasteiger partial charge in [0.2, 0.25) is 11.7 Å². The number of hydrogen-bond donors (Lipinski definition) is 3. The van der Waals surface area contributed by atoms with Gasteiger partial charge in [-0.05, 0) is 24.1 Å². The van der Waals surface area contributed by atoms with Gasteiger partial charge >= 0.3 is 0 Å². The first-order valence-electron chi connectivity index (χ1n) is 8.18. The number of rotatable bonds is 6. The molecule has 2 aromatic rings. The van der Waals surface area contributed by atoms with Gasteiger partial charge in [-0.3, -0.25) is 9.78 Å². The number of nitrogens with zero attached hydrogens (tertiary/aromatic N) is 1. The molecule has 1 aromatic carbocycles. The number of carbonyl (C=O) groups is 1. The van der Waals surface area contributed by atoms with Crippen molar-refractivity contribution in [3.05, 3.63) is 42.2 Å². The molecule has 1 saturated heterocycles. The van der Waals surface area contributed by atoms with E-state index in [9.17, 15) is 4.79 Å². The topological polar surface area (TPSA) is 93.7 Å². The van der Waals surface area contributed by atoms with Crippen LogP contribution in [0.2, 0.25) is 0 Å². The second-order valence-electron chi connectivity index (χ2n) is 5.81. The summed E-state index contributed by atoms with van der Waals surface area (Å²) >= 11 is 0. The number of benzene rings is 1. The quantitative estimate of drug-likeness (QED) is 0.723. The van der Waals surface area contributed by atoms with Gasteiger partial charge in [0.05, 0.1) is 21.3 Å². The fraction of sp³-hybridized carbons (Fsp3) is 0.333. The highest BCUT2D eigenvalue weighted by Gasteiger charge is 2.30. The molecular weight excluding hydrogens is 336 g/mol. The Bertz CT molecular complexity index is 744. The van der Waals surface area contributed by atoms with Crippen molar-refractivity contribution in [3.63, 3.8) is 0 Å². The Labute approximate surface area is 151 Å². The SMILES string of the molecule is COc1cc(NC(=O)C2CC(c3ccncc3)NN2)cc(OC)c1OC. The molecule has 0 bridgehead atoms. The number of pyridine rings is 1. The second-order valence-corrected chi connectivity index (χ2v) is 5.81. The molecule has 3 N–H and O–H groups in total. The lowest BCUT2D eigenvalue weighted by Gasteiger charge is -2.16. The smallest absolute Gasteiger partial charge is 0.242 e. The molecule has 1 aliphatic rings. The molecule has 1 aromatic heterocycles. The van der Waals surface area contributed by atoms with E-state index >= 15 is 0 Å². The Morgan fingerprint density at radius 3 is 2.31 bits per heavy atom. The first-order valence-corrected chi connectivity index (χ1v) is 8.18. The molecule has 2 unspecified atom stereocenters. The van der Waals surface area contributed by atoms with E-state index in [0.29, 0.717) is 29.4 Å². The van der Waals surface area contributed by atoms with Crippen LogP contribution in [-0.2, 0) is 4.79 Å². The van der Waals surface area contributed by atoms with E-state index in [-0.39, 0.29) is 18.0 Å². The maximum atomic E-state index is 12.6. The van der Waals surface area contributed by atoms with Gasteiger partial charge < -0.3 is 19.5 Å². The van der Waals surface area contributed by atoms with Crippen LogP contribution in [0.1, 0.15) is 18.0 Å². The van der Waals surface area contributed by atoms with Crippen molar-refractivity contribution in [1.29, 1.82) is 0 Å². The molecule has 1 aliphatic heterocycles. The third-order valence-electron chi connectivity index (χ3n) is 4.26. The predicted molar refractivity (Wildman–Crippen MR) is 96.4 cm³/mol. The van der Waals surface area contributed by atoms with E-state index in [1.165, 1.54) is 21.3 Å². The van der Waals surface area contributed by atoms with Gasteiger partial charge in [0.15, 0.2) is 11.5 Å². The zero-order valence-corrected chi connectivity index (χ0v) is 14.9. The number of amides is 1. The van der Waals surface area contributed by atoms with Crippen molar-refractivity contribution in [1.82, 2.24) is 15.8 Å². The van der Waals surface area contributed by atoms with Crippen molar-refractivity contribution < 1.29 is 19.0 Å². The molecule has 26 heavy (non-hydrogen) atoms. The Kier molecular flexibility index (Phi) is 5.55. The number of anilines is 1. The molecular formula is C18H22N4O4. The van der Waals surface area contributed by atoms with Gasteiger partial charge in [-0.2, -0.15) is 0 Å². The standard InChI is InChI=1S/C18H22N4O4/c1-24-15-8-12(9-16(25-2)17(15)26-3)20-18(23)14-10-13(21-22-14)11-4-6-19-7-5-11/h4-9,13-14,21-22H,10H2,1-3H3,(H,20,23). The van der Waals surface area contributed by atoms with Gasteiger partial charge in [-0.15, -0.1) is 0 Å². The average Bonchev–Trinajstić information content (AvgIpc) is 3.18. The van der Waals surface area contributed by atoms with Gasteiger partial charge in [-0.1, -0.05) is 0 Å². The van der Waals surface area contributed by atoms with E-state index in [1.54, 1.807) is 24.5 Å². The van der Waals surface area contributed by atoms with Crippen molar-refractivity contribution in [2.75, 3.05) is 26.6 Å². The van der Waals surface area contributed by atoms with Gasteiger partial charge in [-0.25, -0.2) is 10.9 Å². The monoisotopic (exact) mass is 358 g/mol. The summed E-state index contributed by atoms with van der Waals surface area (Å²) in [5.74, 6) is 1.29. The summed E-state index contributed by atoms with van der Waals surface area (Å²) in [4.78, 5) is 16.6. The summed E-state index contributed by atoms with van der Waals surface area (Å²) in [7, 11) is 4.60. The summed E-state index contributed by atoms with van der Waals surface area (Å²) in [6.45, 7) is 0. The minimum Gasteiger partial charge on any atom is -0.493 e. The van der Waals surface area contributed by atoms with Gasteiger partial charge in [0.1, 0.15) is 6.04 Å². The van der Waals surface area contributed by atoms with Crippen LogP contribution in [0.4, 0.5) is 5.69 Å². The van der Waals surface area contributed by atoms with Crippen LogP contribution in [0.5, 0.6) is 17.2 Å². The number of hydrogen-bond acceptors (Lipinski definition) is 7. The van der Waals surface area contributed by atoms with Gasteiger partial charge in [0.25, 0.3) is 0 Å². The van der Waals surface area contributed by atoms with E-state index in [1.807, 2.05) is 12.1 Å². The summed E-state index contributed by atoms with van der Waals surface area (Å²) in [6, 6.07) is 6.93. The Morgan fingerprint density at radius 1 is 1.08 bits per heavy atom. The molecule has 0 aliphatic carbocycles. The van der Waals surface area contributed by atoms with Crippen LogP contribution < -0.4 is 30.4 Å². The van der Waals surface area contributed by atoms with Crippen LogP contribution >= 0.6 is 0 Å². The summed E-state index contributed by atoms with van der Waals surface area (Å²) in [5.41, 5.74) is 7.83. The zero-order chi connectivity index (χ0) is 18.5. The highest BCUT2D eigenvalue weighted by Crippen LogP contribution is 2.40. The van der Waals surface area contributed by atoms with Crippen molar-refractivity contribution in [2.24, 2.45) is 0 Å². The zero-order valence-electron chi connectivity index (χ0n) is 14.9. The van der Waals surface area contributed by atoms with E-state index in [4.69, 9.17) is 14.2 Å². The molecule has 3 rings (SSSR count). The molecule has 0 radical (unpaired) electrons. The van der Waals surface area contributed by atoms with Crippen LogP contribution in [0.15, 0.2) is 36.7 Å². The fourth-order valence-corrected chi connectivity index (χ4v) is 2.93.